The molecule has 7 nitrogen and oxygen atoms in total. The molecule has 0 bridgehead atoms. The average Bonchev–Trinajstić information content (AvgIpc) is 1.88. The molecule has 0 aliphatic rings. The molecule has 0 heterocycles. The first-order chi connectivity index (χ1) is 4.95. The summed E-state index contributed by atoms with van der Waals surface area (Å²) in [5.41, 5.74) is -1.31. The van der Waals surface area contributed by atoms with Crippen LogP contribution in [0.15, 0.2) is 5.16 Å². The standard InChI is InChI=1S/C3H6NO6P/c1-10-11(8,9)2(4-7)3(5)6/h7H,1H3,(H,5,6)(H,8,9)/b4-2+. The maximum absolute atomic E-state index is 10.6. The van der Waals surface area contributed by atoms with Gasteiger partial charge in [-0.15, -0.1) is 0 Å². The van der Waals surface area contributed by atoms with Crippen LogP contribution in [-0.2, 0) is 13.9 Å². The second kappa shape index (κ2) is 3.47. The molecule has 0 aromatic heterocycles. The Morgan fingerprint density at radius 1 is 1.64 bits per heavy atom. The number of oxime groups is 1. The summed E-state index contributed by atoms with van der Waals surface area (Å²) in [4.78, 5) is 18.6. The van der Waals surface area contributed by atoms with Gasteiger partial charge in [-0.05, 0) is 0 Å². The highest BCUT2D eigenvalue weighted by Gasteiger charge is 2.33. The quantitative estimate of drug-likeness (QED) is 0.239. The van der Waals surface area contributed by atoms with E-state index in [0.717, 1.165) is 7.11 Å². The Bertz CT molecular complexity index is 234. The van der Waals surface area contributed by atoms with E-state index in [-0.39, 0.29) is 0 Å². The lowest BCUT2D eigenvalue weighted by Gasteiger charge is -2.04. The summed E-state index contributed by atoms with van der Waals surface area (Å²) in [5, 5.41) is 18.2. The number of hydrogen-bond acceptors (Lipinski definition) is 5. The average molecular weight is 183 g/mol. The van der Waals surface area contributed by atoms with Crippen molar-refractivity contribution in [3.8, 4) is 0 Å². The number of nitrogens with zero attached hydrogens (tertiary/aromatic N) is 1. The smallest absolute Gasteiger partial charge is 0.387 e. The molecule has 0 rings (SSSR count). The molecule has 3 N–H and O–H groups in total. The Kier molecular flexibility index (Phi) is 3.18. The molecule has 0 radical (unpaired) electrons. The van der Waals surface area contributed by atoms with E-state index in [0.29, 0.717) is 0 Å². The summed E-state index contributed by atoms with van der Waals surface area (Å²) in [5.74, 6) is -1.81. The molecular formula is C3H6NO6P. The van der Waals surface area contributed by atoms with Gasteiger partial charge in [0.05, 0.1) is 0 Å². The van der Waals surface area contributed by atoms with E-state index in [9.17, 15) is 9.36 Å². The zero-order valence-electron chi connectivity index (χ0n) is 5.46. The number of carbonyl (C=O) groups is 1. The van der Waals surface area contributed by atoms with Crippen molar-refractivity contribution >= 4 is 19.0 Å². The van der Waals surface area contributed by atoms with E-state index in [1.165, 1.54) is 0 Å². The highest BCUT2D eigenvalue weighted by molar-refractivity contribution is 7.74. The van der Waals surface area contributed by atoms with Crippen LogP contribution in [0.25, 0.3) is 0 Å². The van der Waals surface area contributed by atoms with Crippen molar-refractivity contribution in [1.82, 2.24) is 0 Å². The number of carboxylic acid groups (broad SMARTS) is 1. The van der Waals surface area contributed by atoms with Gasteiger partial charge in [0, 0.05) is 7.11 Å². The fraction of sp³-hybridized carbons (Fsp3) is 0.333. The second-order valence-electron chi connectivity index (χ2n) is 1.43. The monoisotopic (exact) mass is 183 g/mol. The summed E-state index contributed by atoms with van der Waals surface area (Å²) >= 11 is 0. The van der Waals surface area contributed by atoms with E-state index < -0.39 is 19.0 Å². The zero-order valence-corrected chi connectivity index (χ0v) is 6.36. The molecule has 1 atom stereocenters. The van der Waals surface area contributed by atoms with Crippen LogP contribution in [-0.4, -0.2) is 33.7 Å². The summed E-state index contributed by atoms with van der Waals surface area (Å²) in [6.07, 6.45) is 0. The maximum Gasteiger partial charge on any atom is 0.387 e. The van der Waals surface area contributed by atoms with Crippen LogP contribution in [0.3, 0.4) is 0 Å². The van der Waals surface area contributed by atoms with Crippen LogP contribution in [0.5, 0.6) is 0 Å². The number of hydrogen-bond donors (Lipinski definition) is 3. The van der Waals surface area contributed by atoms with Crippen LogP contribution in [0, 0.1) is 0 Å². The van der Waals surface area contributed by atoms with Crippen molar-refractivity contribution in [2.45, 2.75) is 0 Å². The van der Waals surface area contributed by atoms with E-state index in [1.54, 1.807) is 0 Å². The molecule has 0 aliphatic heterocycles. The number of carboxylic acids is 1. The van der Waals surface area contributed by atoms with Crippen molar-refractivity contribution in [2.24, 2.45) is 5.16 Å². The highest BCUT2D eigenvalue weighted by Crippen LogP contribution is 2.42. The molecule has 0 aromatic rings. The summed E-state index contributed by atoms with van der Waals surface area (Å²) in [7, 11) is -3.61. The Labute approximate surface area is 61.4 Å². The summed E-state index contributed by atoms with van der Waals surface area (Å²) in [6.45, 7) is 0. The highest BCUT2D eigenvalue weighted by atomic mass is 31.2. The molecule has 1 unspecified atom stereocenters. The molecule has 0 saturated heterocycles. The largest absolute Gasteiger partial charge is 0.476 e. The van der Waals surface area contributed by atoms with E-state index >= 15 is 0 Å². The predicted molar refractivity (Wildman–Crippen MR) is 33.7 cm³/mol. The van der Waals surface area contributed by atoms with E-state index in [4.69, 9.17) is 15.2 Å². The van der Waals surface area contributed by atoms with Gasteiger partial charge in [0.2, 0.25) is 0 Å². The van der Waals surface area contributed by atoms with Crippen LogP contribution >= 0.6 is 7.60 Å². The topological polar surface area (TPSA) is 116 Å². The third-order valence-electron chi connectivity index (χ3n) is 0.801. The SMILES string of the molecule is COP(=O)(O)/C(=N/O)C(=O)O. The molecular weight excluding hydrogens is 177 g/mol. The Hall–Kier alpha value is -0.910. The maximum atomic E-state index is 10.6. The minimum atomic E-state index is -4.44. The van der Waals surface area contributed by atoms with Crippen molar-refractivity contribution in [3.63, 3.8) is 0 Å². The van der Waals surface area contributed by atoms with Crippen LogP contribution < -0.4 is 0 Å². The van der Waals surface area contributed by atoms with E-state index in [1.807, 2.05) is 0 Å². The molecule has 0 aliphatic carbocycles. The normalized spacial score (nSPS) is 17.5. The van der Waals surface area contributed by atoms with Crippen molar-refractivity contribution in [1.29, 1.82) is 0 Å². The van der Waals surface area contributed by atoms with Crippen molar-refractivity contribution in [3.05, 3.63) is 0 Å². The fourth-order valence-electron chi connectivity index (χ4n) is 0.307. The molecule has 0 aromatic carbocycles. The van der Waals surface area contributed by atoms with Crippen LogP contribution in [0.2, 0.25) is 0 Å². The first-order valence-corrected chi connectivity index (χ1v) is 3.88. The minimum Gasteiger partial charge on any atom is -0.476 e. The Morgan fingerprint density at radius 2 is 2.09 bits per heavy atom. The number of rotatable bonds is 3. The number of aliphatic carboxylic acids is 1. The van der Waals surface area contributed by atoms with E-state index in [2.05, 4.69) is 9.68 Å². The van der Waals surface area contributed by atoms with Gasteiger partial charge in [0.25, 0.3) is 5.45 Å². The molecule has 0 fully saturated rings. The lowest BCUT2D eigenvalue weighted by molar-refractivity contribution is -0.129. The molecule has 0 saturated carbocycles. The molecule has 8 heteroatoms. The Morgan fingerprint density at radius 3 is 2.18 bits per heavy atom. The van der Waals surface area contributed by atoms with Gasteiger partial charge in [-0.1, -0.05) is 5.16 Å². The molecule has 0 amide bonds. The first-order valence-electron chi connectivity index (χ1n) is 2.30. The lowest BCUT2D eigenvalue weighted by atomic mass is 10.8. The first kappa shape index (κ1) is 10.1. The van der Waals surface area contributed by atoms with Crippen LogP contribution in [0.1, 0.15) is 0 Å². The molecule has 64 valence electrons. The zero-order chi connectivity index (χ0) is 9.07. The summed E-state index contributed by atoms with van der Waals surface area (Å²) < 4.78 is 14.5. The molecule has 0 spiro atoms. The minimum absolute atomic E-state index is 0.828. The third kappa shape index (κ3) is 2.30. The van der Waals surface area contributed by atoms with Gasteiger partial charge < -0.3 is 19.7 Å². The second-order valence-corrected chi connectivity index (χ2v) is 3.26. The van der Waals surface area contributed by atoms with Crippen molar-refractivity contribution in [2.75, 3.05) is 7.11 Å². The fourth-order valence-corrected chi connectivity index (χ4v) is 0.834. The van der Waals surface area contributed by atoms with Gasteiger partial charge in [-0.3, -0.25) is 4.57 Å². The van der Waals surface area contributed by atoms with Gasteiger partial charge in [-0.2, -0.15) is 0 Å². The van der Waals surface area contributed by atoms with Crippen LogP contribution in [0.4, 0.5) is 0 Å². The predicted octanol–water partition coefficient (Wildman–Crippen LogP) is -0.310. The lowest BCUT2D eigenvalue weighted by Crippen LogP contribution is -2.14. The van der Waals surface area contributed by atoms with Gasteiger partial charge >= 0.3 is 13.6 Å². The van der Waals surface area contributed by atoms with Crippen molar-refractivity contribution < 1.29 is 29.1 Å². The Balaban J connectivity index is 4.82. The van der Waals surface area contributed by atoms with Gasteiger partial charge in [-0.25, -0.2) is 4.79 Å². The van der Waals surface area contributed by atoms with Gasteiger partial charge in [0.1, 0.15) is 0 Å². The molecule has 11 heavy (non-hydrogen) atoms. The third-order valence-corrected chi connectivity index (χ3v) is 2.11. The summed E-state index contributed by atoms with van der Waals surface area (Å²) in [6, 6.07) is 0. The van der Waals surface area contributed by atoms with Gasteiger partial charge in [0.15, 0.2) is 0 Å².